The van der Waals surface area contributed by atoms with Crippen LogP contribution in [0.15, 0.2) is 34.0 Å². The Hall–Kier alpha value is -2.27. The molecule has 32 heavy (non-hydrogen) atoms. The fourth-order valence-electron chi connectivity index (χ4n) is 2.80. The Bertz CT molecular complexity index is 1090. The van der Waals surface area contributed by atoms with E-state index in [1.807, 2.05) is 0 Å². The van der Waals surface area contributed by atoms with Gasteiger partial charge in [0.25, 0.3) is 5.56 Å². The van der Waals surface area contributed by atoms with Gasteiger partial charge in [-0.1, -0.05) is 32.4 Å². The standard InChI is InChI=1S/C21H30ClN3O6Si/c1-21(2,3)32(6,7)31-15(13-29-4)12-24-18(26)11-23-25(20(24)28)14-8-9-17(22)16(10-14)19(27)30-5/h8-11,15H,12-13H2,1-7H3. The number of ether oxygens (including phenoxy) is 2. The molecule has 0 saturated heterocycles. The summed E-state index contributed by atoms with van der Waals surface area (Å²) < 4.78 is 18.5. The highest BCUT2D eigenvalue weighted by Crippen LogP contribution is 2.37. The Kier molecular flexibility index (Phi) is 8.21. The van der Waals surface area contributed by atoms with Crippen LogP contribution < -0.4 is 11.2 Å². The first-order chi connectivity index (χ1) is 14.8. The summed E-state index contributed by atoms with van der Waals surface area (Å²) in [6.07, 6.45) is 0.544. The van der Waals surface area contributed by atoms with E-state index in [1.54, 1.807) is 0 Å². The zero-order valence-electron chi connectivity index (χ0n) is 19.5. The molecule has 0 aliphatic heterocycles. The van der Waals surface area contributed by atoms with E-state index in [2.05, 4.69) is 39.0 Å². The van der Waals surface area contributed by atoms with Crippen LogP contribution in [0.4, 0.5) is 0 Å². The monoisotopic (exact) mass is 483 g/mol. The van der Waals surface area contributed by atoms with Gasteiger partial charge >= 0.3 is 11.7 Å². The number of aromatic nitrogens is 3. The molecule has 1 aromatic heterocycles. The third-order valence-electron chi connectivity index (χ3n) is 5.57. The largest absolute Gasteiger partial charge is 0.465 e. The molecular weight excluding hydrogens is 454 g/mol. The highest BCUT2D eigenvalue weighted by Gasteiger charge is 2.39. The summed E-state index contributed by atoms with van der Waals surface area (Å²) in [5.41, 5.74) is -0.886. The van der Waals surface area contributed by atoms with Crippen LogP contribution in [0.1, 0.15) is 31.1 Å². The first-order valence-electron chi connectivity index (χ1n) is 10.1. The zero-order valence-corrected chi connectivity index (χ0v) is 21.2. The van der Waals surface area contributed by atoms with Gasteiger partial charge in [-0.05, 0) is 36.3 Å². The van der Waals surface area contributed by atoms with Crippen molar-refractivity contribution in [3.63, 3.8) is 0 Å². The molecule has 0 radical (unpaired) electrons. The van der Waals surface area contributed by atoms with E-state index >= 15 is 0 Å². The van der Waals surface area contributed by atoms with Crippen LogP contribution >= 0.6 is 11.6 Å². The molecule has 2 rings (SSSR count). The molecule has 0 saturated carbocycles. The predicted octanol–water partition coefficient (Wildman–Crippen LogP) is 2.87. The van der Waals surface area contributed by atoms with Gasteiger partial charge in [0, 0.05) is 7.11 Å². The SMILES string of the molecule is COCC(Cn1c(=O)cnn(-c2ccc(Cl)c(C(=O)OC)c2)c1=O)O[Si](C)(C)C(C)(C)C. The summed E-state index contributed by atoms with van der Waals surface area (Å²) in [6.45, 7) is 10.7. The lowest BCUT2D eigenvalue weighted by Gasteiger charge is -2.39. The number of nitrogens with zero attached hydrogens (tertiary/aromatic N) is 3. The van der Waals surface area contributed by atoms with Crippen molar-refractivity contribution >= 4 is 25.9 Å². The first-order valence-corrected chi connectivity index (χ1v) is 13.3. The van der Waals surface area contributed by atoms with Gasteiger partial charge in [-0.25, -0.2) is 9.59 Å². The normalized spacial score (nSPS) is 13.1. The lowest BCUT2D eigenvalue weighted by molar-refractivity contribution is 0.0591. The van der Waals surface area contributed by atoms with Gasteiger partial charge in [0.1, 0.15) is 6.20 Å². The lowest BCUT2D eigenvalue weighted by atomic mass is 10.2. The third-order valence-corrected chi connectivity index (χ3v) is 10.4. The Morgan fingerprint density at radius 3 is 2.44 bits per heavy atom. The highest BCUT2D eigenvalue weighted by molar-refractivity contribution is 6.74. The van der Waals surface area contributed by atoms with Gasteiger partial charge in [-0.15, -0.1) is 0 Å². The van der Waals surface area contributed by atoms with E-state index in [0.717, 1.165) is 15.4 Å². The molecule has 9 nitrogen and oxygen atoms in total. The van der Waals surface area contributed by atoms with Crippen LogP contribution in [0.2, 0.25) is 23.2 Å². The Morgan fingerprint density at radius 1 is 1.22 bits per heavy atom. The van der Waals surface area contributed by atoms with Crippen molar-refractivity contribution in [1.29, 1.82) is 0 Å². The van der Waals surface area contributed by atoms with Crippen LogP contribution in [-0.4, -0.2) is 55.6 Å². The number of rotatable bonds is 8. The van der Waals surface area contributed by atoms with Crippen molar-refractivity contribution in [3.05, 3.63) is 55.8 Å². The second kappa shape index (κ2) is 10.1. The van der Waals surface area contributed by atoms with Gasteiger partial charge in [0.15, 0.2) is 8.32 Å². The molecule has 1 heterocycles. The van der Waals surface area contributed by atoms with E-state index in [-0.39, 0.29) is 34.5 Å². The molecule has 0 bridgehead atoms. The molecule has 0 amide bonds. The summed E-state index contributed by atoms with van der Waals surface area (Å²) in [5.74, 6) is -0.652. The van der Waals surface area contributed by atoms with Crippen molar-refractivity contribution in [2.24, 2.45) is 0 Å². The van der Waals surface area contributed by atoms with Crippen LogP contribution in [0, 0.1) is 0 Å². The Balaban J connectivity index is 2.49. The number of carbonyl (C=O) groups is 1. The molecule has 0 spiro atoms. The van der Waals surface area contributed by atoms with Crippen molar-refractivity contribution < 1.29 is 18.7 Å². The molecule has 1 aromatic carbocycles. The summed E-state index contributed by atoms with van der Waals surface area (Å²) in [4.78, 5) is 37.6. The van der Waals surface area contributed by atoms with Crippen LogP contribution in [0.3, 0.4) is 0 Å². The number of halogens is 1. The maximum absolute atomic E-state index is 13.2. The summed E-state index contributed by atoms with van der Waals surface area (Å²) in [5, 5.41) is 4.06. The second-order valence-electron chi connectivity index (χ2n) is 8.90. The maximum Gasteiger partial charge on any atom is 0.352 e. The average Bonchev–Trinajstić information content (AvgIpc) is 2.70. The quantitative estimate of drug-likeness (QED) is 0.420. The fraction of sp³-hybridized carbons (Fsp3) is 0.524. The smallest absolute Gasteiger partial charge is 0.352 e. The number of benzene rings is 1. The van der Waals surface area contributed by atoms with E-state index in [9.17, 15) is 14.4 Å². The number of esters is 1. The molecular formula is C21H30ClN3O6Si. The Morgan fingerprint density at radius 2 is 1.88 bits per heavy atom. The lowest BCUT2D eigenvalue weighted by Crippen LogP contribution is -2.49. The van der Waals surface area contributed by atoms with Crippen LogP contribution in [-0.2, 0) is 20.4 Å². The highest BCUT2D eigenvalue weighted by atomic mass is 35.5. The topological polar surface area (TPSA) is 102 Å². The summed E-state index contributed by atoms with van der Waals surface area (Å²) >= 11 is 6.07. The van der Waals surface area contributed by atoms with Crippen molar-refractivity contribution in [2.75, 3.05) is 20.8 Å². The van der Waals surface area contributed by atoms with Crippen molar-refractivity contribution in [1.82, 2.24) is 14.3 Å². The number of hydrogen-bond donors (Lipinski definition) is 0. The number of methoxy groups -OCH3 is 2. The number of hydrogen-bond acceptors (Lipinski definition) is 7. The van der Waals surface area contributed by atoms with Crippen LogP contribution in [0.5, 0.6) is 0 Å². The zero-order chi connectivity index (χ0) is 24.3. The van der Waals surface area contributed by atoms with E-state index in [0.29, 0.717) is 0 Å². The molecule has 0 N–H and O–H groups in total. The van der Waals surface area contributed by atoms with Crippen LogP contribution in [0.25, 0.3) is 5.69 Å². The van der Waals surface area contributed by atoms with Gasteiger partial charge in [0.2, 0.25) is 0 Å². The molecule has 11 heteroatoms. The van der Waals surface area contributed by atoms with Gasteiger partial charge in [0.05, 0.1) is 42.6 Å². The van der Waals surface area contributed by atoms with Crippen molar-refractivity contribution in [2.45, 2.75) is 51.6 Å². The fourth-order valence-corrected chi connectivity index (χ4v) is 4.32. The molecule has 0 fully saturated rings. The third kappa shape index (κ3) is 5.74. The minimum atomic E-state index is -2.19. The summed E-state index contributed by atoms with van der Waals surface area (Å²) in [7, 11) is 0.582. The minimum Gasteiger partial charge on any atom is -0.465 e. The van der Waals surface area contributed by atoms with Gasteiger partial charge in [-0.3, -0.25) is 9.36 Å². The van der Waals surface area contributed by atoms with E-state index < -0.39 is 31.6 Å². The molecule has 2 aromatic rings. The van der Waals surface area contributed by atoms with Gasteiger partial charge in [-0.2, -0.15) is 9.78 Å². The first kappa shape index (κ1) is 26.0. The van der Waals surface area contributed by atoms with E-state index in [1.165, 1.54) is 32.4 Å². The molecule has 0 aliphatic carbocycles. The molecule has 176 valence electrons. The molecule has 1 unspecified atom stereocenters. The van der Waals surface area contributed by atoms with Gasteiger partial charge < -0.3 is 13.9 Å². The van der Waals surface area contributed by atoms with E-state index in [4.69, 9.17) is 25.5 Å². The second-order valence-corrected chi connectivity index (χ2v) is 14.1. The number of carbonyl (C=O) groups excluding carboxylic acids is 1. The Labute approximate surface area is 193 Å². The van der Waals surface area contributed by atoms with Crippen molar-refractivity contribution in [3.8, 4) is 5.69 Å². The summed E-state index contributed by atoms with van der Waals surface area (Å²) in [6, 6.07) is 4.37. The predicted molar refractivity (Wildman–Crippen MR) is 124 cm³/mol. The average molecular weight is 484 g/mol. The minimum absolute atomic E-state index is 0.00200. The molecule has 0 aliphatic rings. The maximum atomic E-state index is 13.2. The molecule has 1 atom stereocenters.